The lowest BCUT2D eigenvalue weighted by atomic mass is 10.0. The van der Waals surface area contributed by atoms with E-state index < -0.39 is 23.2 Å². The minimum absolute atomic E-state index is 0.0226. The number of anilines is 1. The predicted molar refractivity (Wildman–Crippen MR) is 57.5 cm³/mol. The van der Waals surface area contributed by atoms with E-state index in [1.807, 2.05) is 0 Å². The molecule has 1 aromatic rings. The quantitative estimate of drug-likeness (QED) is 0.898. The van der Waals surface area contributed by atoms with Crippen molar-refractivity contribution in [1.29, 1.82) is 0 Å². The van der Waals surface area contributed by atoms with Crippen molar-refractivity contribution in [3.8, 4) is 0 Å². The molecule has 1 aromatic heterocycles. The van der Waals surface area contributed by atoms with Crippen molar-refractivity contribution in [2.75, 3.05) is 11.4 Å². The summed E-state index contributed by atoms with van der Waals surface area (Å²) < 4.78 is 37.2. The van der Waals surface area contributed by atoms with E-state index in [2.05, 4.69) is 10.2 Å². The molecular weight excluding hydrogens is 271 g/mol. The number of halogens is 3. The van der Waals surface area contributed by atoms with Crippen LogP contribution in [0.1, 0.15) is 24.3 Å². The summed E-state index contributed by atoms with van der Waals surface area (Å²) in [6.07, 6.45) is -2.64. The first kappa shape index (κ1) is 13.1. The minimum atomic E-state index is -4.54. The topological polar surface area (TPSA) is 66.3 Å². The molecule has 0 aromatic carbocycles. The maximum absolute atomic E-state index is 12.4. The monoisotopic (exact) mass is 281 g/mol. The molecule has 0 amide bonds. The number of alkyl halides is 3. The Morgan fingerprint density at radius 3 is 2.67 bits per heavy atom. The van der Waals surface area contributed by atoms with Crippen LogP contribution in [-0.4, -0.2) is 33.9 Å². The summed E-state index contributed by atoms with van der Waals surface area (Å²) >= 11 is 0.383. The Hall–Kier alpha value is -1.38. The molecule has 18 heavy (non-hydrogen) atoms. The van der Waals surface area contributed by atoms with Gasteiger partial charge in [0.2, 0.25) is 10.1 Å². The summed E-state index contributed by atoms with van der Waals surface area (Å²) in [5.74, 6) is -1.04. The van der Waals surface area contributed by atoms with Crippen molar-refractivity contribution < 1.29 is 23.1 Å². The summed E-state index contributed by atoms with van der Waals surface area (Å²) in [4.78, 5) is 12.4. The highest BCUT2D eigenvalue weighted by Crippen LogP contribution is 2.36. The number of nitrogens with zero attached hydrogens (tertiary/aromatic N) is 3. The molecule has 1 fully saturated rings. The van der Waals surface area contributed by atoms with Gasteiger partial charge < -0.3 is 10.0 Å². The summed E-state index contributed by atoms with van der Waals surface area (Å²) in [5.41, 5.74) is 0. The third-order valence-electron chi connectivity index (χ3n) is 2.69. The van der Waals surface area contributed by atoms with E-state index in [-0.39, 0.29) is 5.13 Å². The van der Waals surface area contributed by atoms with Crippen LogP contribution in [0.5, 0.6) is 0 Å². The second-order valence-electron chi connectivity index (χ2n) is 3.93. The average Bonchev–Trinajstić information content (AvgIpc) is 2.77. The van der Waals surface area contributed by atoms with E-state index in [0.29, 0.717) is 24.3 Å². The van der Waals surface area contributed by atoms with Gasteiger partial charge in [-0.1, -0.05) is 11.3 Å². The Labute approximate surface area is 104 Å². The van der Waals surface area contributed by atoms with Crippen molar-refractivity contribution >= 4 is 22.4 Å². The van der Waals surface area contributed by atoms with Crippen LogP contribution < -0.4 is 4.90 Å². The molecule has 0 saturated carbocycles. The highest BCUT2D eigenvalue weighted by atomic mass is 32.1. The lowest BCUT2D eigenvalue weighted by molar-refractivity contribution is -0.139. The zero-order valence-corrected chi connectivity index (χ0v) is 9.96. The standard InChI is InChI=1S/C9H10F3N3O2S/c10-9(11,12)7-13-14-8(18-7)15-4-2-1-3-5(15)6(16)17/h5H,1-4H2,(H,16,17). The fraction of sp³-hybridized carbons (Fsp3) is 0.667. The predicted octanol–water partition coefficient (Wildman–Crippen LogP) is 2.00. The molecule has 1 aliphatic heterocycles. The number of carboxylic acids is 1. The molecule has 1 aliphatic rings. The molecule has 1 N–H and O–H groups in total. The van der Waals surface area contributed by atoms with Crippen LogP contribution in [0.25, 0.3) is 0 Å². The van der Waals surface area contributed by atoms with Gasteiger partial charge in [-0.25, -0.2) is 4.79 Å². The molecule has 0 bridgehead atoms. The maximum Gasteiger partial charge on any atom is 0.445 e. The molecule has 1 unspecified atom stereocenters. The summed E-state index contributed by atoms with van der Waals surface area (Å²) in [6.45, 7) is 0.392. The van der Waals surface area contributed by atoms with Crippen LogP contribution in [0, 0.1) is 0 Å². The first-order valence-corrected chi connectivity index (χ1v) is 6.11. The van der Waals surface area contributed by atoms with Crippen molar-refractivity contribution in [2.24, 2.45) is 0 Å². The Bertz CT molecular complexity index is 449. The van der Waals surface area contributed by atoms with Crippen molar-refractivity contribution in [2.45, 2.75) is 31.5 Å². The molecule has 1 saturated heterocycles. The molecule has 0 spiro atoms. The molecule has 2 heterocycles. The number of hydrogen-bond acceptors (Lipinski definition) is 5. The van der Waals surface area contributed by atoms with Crippen molar-refractivity contribution in [3.63, 3.8) is 0 Å². The Kier molecular flexibility index (Phi) is 3.42. The molecule has 0 aliphatic carbocycles. The summed E-state index contributed by atoms with van der Waals surface area (Å²) in [5, 5.41) is 14.5. The number of aliphatic carboxylic acids is 1. The lowest BCUT2D eigenvalue weighted by Gasteiger charge is -2.32. The highest BCUT2D eigenvalue weighted by molar-refractivity contribution is 7.15. The lowest BCUT2D eigenvalue weighted by Crippen LogP contribution is -2.44. The normalized spacial score (nSPS) is 21.1. The number of aromatic nitrogens is 2. The first-order valence-electron chi connectivity index (χ1n) is 5.30. The fourth-order valence-corrected chi connectivity index (χ4v) is 2.65. The van der Waals surface area contributed by atoms with Gasteiger partial charge in [0.25, 0.3) is 0 Å². The van der Waals surface area contributed by atoms with Gasteiger partial charge in [0, 0.05) is 6.54 Å². The van der Waals surface area contributed by atoms with Crippen molar-refractivity contribution in [3.05, 3.63) is 5.01 Å². The number of carbonyl (C=O) groups is 1. The second-order valence-corrected chi connectivity index (χ2v) is 4.89. The molecule has 0 radical (unpaired) electrons. The summed E-state index contributed by atoms with van der Waals surface area (Å²) in [6, 6.07) is -0.812. The van der Waals surface area contributed by atoms with E-state index in [1.54, 1.807) is 0 Å². The third kappa shape index (κ3) is 2.55. The summed E-state index contributed by atoms with van der Waals surface area (Å²) in [7, 11) is 0. The minimum Gasteiger partial charge on any atom is -0.480 e. The molecule has 2 rings (SSSR count). The van der Waals surface area contributed by atoms with Crippen LogP contribution in [0.4, 0.5) is 18.3 Å². The average molecular weight is 281 g/mol. The largest absolute Gasteiger partial charge is 0.480 e. The van der Waals surface area contributed by atoms with Gasteiger partial charge >= 0.3 is 12.1 Å². The van der Waals surface area contributed by atoms with E-state index in [1.165, 1.54) is 4.90 Å². The van der Waals surface area contributed by atoms with E-state index in [4.69, 9.17) is 5.11 Å². The van der Waals surface area contributed by atoms with E-state index >= 15 is 0 Å². The van der Waals surface area contributed by atoms with E-state index in [9.17, 15) is 18.0 Å². The molecule has 1 atom stereocenters. The second kappa shape index (κ2) is 4.71. The van der Waals surface area contributed by atoms with E-state index in [0.717, 1.165) is 12.8 Å². The molecule has 5 nitrogen and oxygen atoms in total. The Morgan fingerprint density at radius 2 is 2.11 bits per heavy atom. The number of piperidine rings is 1. The number of hydrogen-bond donors (Lipinski definition) is 1. The first-order chi connectivity index (χ1) is 8.39. The molecule has 9 heteroatoms. The number of rotatable bonds is 2. The van der Waals surface area contributed by atoms with Crippen LogP contribution in [0.3, 0.4) is 0 Å². The fourth-order valence-electron chi connectivity index (χ4n) is 1.86. The number of carboxylic acid groups (broad SMARTS) is 1. The van der Waals surface area contributed by atoms with Crippen molar-refractivity contribution in [1.82, 2.24) is 10.2 Å². The maximum atomic E-state index is 12.4. The zero-order valence-electron chi connectivity index (χ0n) is 9.15. The highest BCUT2D eigenvalue weighted by Gasteiger charge is 2.38. The smallest absolute Gasteiger partial charge is 0.445 e. The van der Waals surface area contributed by atoms with Gasteiger partial charge in [0.1, 0.15) is 6.04 Å². The zero-order chi connectivity index (χ0) is 13.3. The van der Waals surface area contributed by atoms with Gasteiger partial charge in [-0.3, -0.25) is 0 Å². The van der Waals surface area contributed by atoms with Gasteiger partial charge in [-0.05, 0) is 19.3 Å². The SMILES string of the molecule is O=C(O)C1CCCCN1c1nnc(C(F)(F)F)s1. The Balaban J connectivity index is 2.24. The van der Waals surface area contributed by atoms with Crippen LogP contribution in [0.2, 0.25) is 0 Å². The molecular formula is C9H10F3N3O2S. The van der Waals surface area contributed by atoms with Gasteiger partial charge in [0.05, 0.1) is 0 Å². The van der Waals surface area contributed by atoms with Crippen LogP contribution in [0.15, 0.2) is 0 Å². The van der Waals surface area contributed by atoms with Gasteiger partial charge in [-0.2, -0.15) is 13.2 Å². The Morgan fingerprint density at radius 1 is 1.39 bits per heavy atom. The molecule has 100 valence electrons. The van der Waals surface area contributed by atoms with Crippen LogP contribution >= 0.6 is 11.3 Å². The van der Waals surface area contributed by atoms with Crippen LogP contribution in [-0.2, 0) is 11.0 Å². The third-order valence-corrected chi connectivity index (χ3v) is 3.70. The van der Waals surface area contributed by atoms with Gasteiger partial charge in [-0.15, -0.1) is 10.2 Å². The van der Waals surface area contributed by atoms with Gasteiger partial charge in [0.15, 0.2) is 0 Å².